The fourth-order valence-corrected chi connectivity index (χ4v) is 2.32. The molecule has 1 aliphatic heterocycles. The van der Waals surface area contributed by atoms with Crippen LogP contribution in [0.3, 0.4) is 0 Å². The third kappa shape index (κ3) is 3.43. The van der Waals surface area contributed by atoms with Crippen LogP contribution in [0.15, 0.2) is 18.2 Å². The SMILES string of the molecule is Cc1cc(NCCC2CNCCN2C)ccc1F. The largest absolute Gasteiger partial charge is 0.385 e. The second-order valence-corrected chi connectivity index (χ2v) is 5.02. The van der Waals surface area contributed by atoms with Crippen LogP contribution in [0.5, 0.6) is 0 Å². The van der Waals surface area contributed by atoms with Gasteiger partial charge in [-0.2, -0.15) is 0 Å². The van der Waals surface area contributed by atoms with E-state index in [-0.39, 0.29) is 5.82 Å². The Morgan fingerprint density at radius 1 is 1.50 bits per heavy atom. The van der Waals surface area contributed by atoms with Crippen molar-refractivity contribution in [3.8, 4) is 0 Å². The highest BCUT2D eigenvalue weighted by molar-refractivity contribution is 5.45. The smallest absolute Gasteiger partial charge is 0.126 e. The highest BCUT2D eigenvalue weighted by atomic mass is 19.1. The number of hydrogen-bond donors (Lipinski definition) is 2. The van der Waals surface area contributed by atoms with Gasteiger partial charge in [-0.25, -0.2) is 4.39 Å². The van der Waals surface area contributed by atoms with Crippen molar-refractivity contribution < 1.29 is 4.39 Å². The van der Waals surface area contributed by atoms with E-state index in [9.17, 15) is 4.39 Å². The van der Waals surface area contributed by atoms with Gasteiger partial charge in [0.1, 0.15) is 5.82 Å². The molecule has 0 aliphatic carbocycles. The molecule has 1 aliphatic rings. The van der Waals surface area contributed by atoms with Gasteiger partial charge in [0.2, 0.25) is 0 Å². The molecule has 0 aromatic heterocycles. The number of halogens is 1. The minimum absolute atomic E-state index is 0.142. The molecule has 0 radical (unpaired) electrons. The highest BCUT2D eigenvalue weighted by Crippen LogP contribution is 2.14. The summed E-state index contributed by atoms with van der Waals surface area (Å²) in [6.07, 6.45) is 1.10. The fraction of sp³-hybridized carbons (Fsp3) is 0.571. The van der Waals surface area contributed by atoms with Crippen LogP contribution in [0.1, 0.15) is 12.0 Å². The van der Waals surface area contributed by atoms with E-state index in [1.165, 1.54) is 6.07 Å². The van der Waals surface area contributed by atoms with Gasteiger partial charge in [0.05, 0.1) is 0 Å². The summed E-state index contributed by atoms with van der Waals surface area (Å²) in [5.41, 5.74) is 1.69. The van der Waals surface area contributed by atoms with Gasteiger partial charge >= 0.3 is 0 Å². The van der Waals surface area contributed by atoms with Crippen LogP contribution in [-0.2, 0) is 0 Å². The molecule has 1 heterocycles. The zero-order chi connectivity index (χ0) is 13.0. The second-order valence-electron chi connectivity index (χ2n) is 5.02. The lowest BCUT2D eigenvalue weighted by molar-refractivity contribution is 0.194. The summed E-state index contributed by atoms with van der Waals surface area (Å²) in [5.74, 6) is -0.142. The number of nitrogens with one attached hydrogen (secondary N) is 2. The van der Waals surface area contributed by atoms with Crippen LogP contribution < -0.4 is 10.6 Å². The topological polar surface area (TPSA) is 27.3 Å². The molecule has 1 atom stereocenters. The summed E-state index contributed by atoms with van der Waals surface area (Å²) in [6, 6.07) is 5.77. The standard InChI is InChI=1S/C14H22FN3/c1-11-9-12(3-4-14(11)15)17-6-5-13-10-16-7-8-18(13)2/h3-4,9,13,16-17H,5-8,10H2,1-2H3. The highest BCUT2D eigenvalue weighted by Gasteiger charge is 2.17. The van der Waals surface area contributed by atoms with Crippen molar-refractivity contribution in [2.24, 2.45) is 0 Å². The number of anilines is 1. The number of hydrogen-bond acceptors (Lipinski definition) is 3. The van der Waals surface area contributed by atoms with Gasteiger partial charge in [0, 0.05) is 37.9 Å². The number of rotatable bonds is 4. The van der Waals surface area contributed by atoms with Crippen LogP contribution in [0, 0.1) is 12.7 Å². The van der Waals surface area contributed by atoms with E-state index in [1.54, 1.807) is 13.0 Å². The normalized spacial score (nSPS) is 20.9. The molecule has 0 saturated carbocycles. The van der Waals surface area contributed by atoms with Gasteiger partial charge in [0.25, 0.3) is 0 Å². The van der Waals surface area contributed by atoms with Crippen LogP contribution in [-0.4, -0.2) is 44.2 Å². The molecule has 18 heavy (non-hydrogen) atoms. The molecule has 0 amide bonds. The van der Waals surface area contributed by atoms with Crippen molar-refractivity contribution in [2.75, 3.05) is 38.5 Å². The van der Waals surface area contributed by atoms with Crippen molar-refractivity contribution >= 4 is 5.69 Å². The van der Waals surface area contributed by atoms with Gasteiger partial charge < -0.3 is 15.5 Å². The molecule has 1 unspecified atom stereocenters. The molecular weight excluding hydrogens is 229 g/mol. The van der Waals surface area contributed by atoms with Gasteiger partial charge in [-0.1, -0.05) is 0 Å². The maximum Gasteiger partial charge on any atom is 0.126 e. The van der Waals surface area contributed by atoms with Crippen molar-refractivity contribution in [3.05, 3.63) is 29.6 Å². The summed E-state index contributed by atoms with van der Waals surface area (Å²) < 4.78 is 13.1. The first-order valence-corrected chi connectivity index (χ1v) is 6.58. The summed E-state index contributed by atoms with van der Waals surface area (Å²) >= 11 is 0. The van der Waals surface area contributed by atoms with E-state index in [0.29, 0.717) is 11.6 Å². The molecule has 3 nitrogen and oxygen atoms in total. The predicted molar refractivity (Wildman–Crippen MR) is 73.5 cm³/mol. The Kier molecular flexibility index (Phi) is 4.55. The summed E-state index contributed by atoms with van der Waals surface area (Å²) in [6.45, 7) is 5.96. The van der Waals surface area contributed by atoms with E-state index in [4.69, 9.17) is 0 Å². The molecule has 1 saturated heterocycles. The monoisotopic (exact) mass is 251 g/mol. The first-order chi connectivity index (χ1) is 8.66. The Bertz CT molecular complexity index is 395. The zero-order valence-corrected chi connectivity index (χ0v) is 11.2. The molecule has 100 valence electrons. The Labute approximate surface area is 108 Å². The molecule has 4 heteroatoms. The number of piperazine rings is 1. The number of likely N-dealkylation sites (N-methyl/N-ethyl adjacent to an activating group) is 1. The molecule has 2 N–H and O–H groups in total. The predicted octanol–water partition coefficient (Wildman–Crippen LogP) is 1.84. The Hall–Kier alpha value is -1.13. The van der Waals surface area contributed by atoms with Crippen LogP contribution >= 0.6 is 0 Å². The molecule has 1 aromatic rings. The lowest BCUT2D eigenvalue weighted by atomic mass is 10.1. The average Bonchev–Trinajstić information content (AvgIpc) is 2.36. The Morgan fingerprint density at radius 3 is 3.06 bits per heavy atom. The van der Waals surface area contributed by atoms with Crippen molar-refractivity contribution in [1.29, 1.82) is 0 Å². The molecule has 1 fully saturated rings. The van der Waals surface area contributed by atoms with E-state index in [0.717, 1.165) is 38.3 Å². The minimum Gasteiger partial charge on any atom is -0.385 e. The maximum absolute atomic E-state index is 13.1. The van der Waals surface area contributed by atoms with Crippen molar-refractivity contribution in [2.45, 2.75) is 19.4 Å². The number of nitrogens with zero attached hydrogens (tertiary/aromatic N) is 1. The second kappa shape index (κ2) is 6.16. The third-order valence-corrected chi connectivity index (χ3v) is 3.61. The summed E-state index contributed by atoms with van der Waals surface area (Å²) in [7, 11) is 2.17. The maximum atomic E-state index is 13.1. The van der Waals surface area contributed by atoms with E-state index < -0.39 is 0 Å². The third-order valence-electron chi connectivity index (χ3n) is 3.61. The van der Waals surface area contributed by atoms with Gasteiger partial charge in [0.15, 0.2) is 0 Å². The molecule has 0 bridgehead atoms. The van der Waals surface area contributed by atoms with E-state index >= 15 is 0 Å². The lowest BCUT2D eigenvalue weighted by Crippen LogP contribution is -2.49. The quantitative estimate of drug-likeness (QED) is 0.855. The molecule has 0 spiro atoms. The molecular formula is C14H22FN3. The first-order valence-electron chi connectivity index (χ1n) is 6.58. The van der Waals surface area contributed by atoms with Crippen LogP contribution in [0.4, 0.5) is 10.1 Å². The van der Waals surface area contributed by atoms with E-state index in [2.05, 4.69) is 22.6 Å². The van der Waals surface area contributed by atoms with Gasteiger partial charge in [-0.3, -0.25) is 0 Å². The Morgan fingerprint density at radius 2 is 2.33 bits per heavy atom. The van der Waals surface area contributed by atoms with E-state index in [1.807, 2.05) is 6.07 Å². The zero-order valence-electron chi connectivity index (χ0n) is 11.2. The van der Waals surface area contributed by atoms with Crippen molar-refractivity contribution in [1.82, 2.24) is 10.2 Å². The summed E-state index contributed by atoms with van der Waals surface area (Å²) in [4.78, 5) is 2.40. The Balaban J connectivity index is 1.79. The summed E-state index contributed by atoms with van der Waals surface area (Å²) in [5, 5.41) is 6.77. The minimum atomic E-state index is -0.142. The fourth-order valence-electron chi connectivity index (χ4n) is 2.32. The average molecular weight is 251 g/mol. The first kappa shape index (κ1) is 13.3. The van der Waals surface area contributed by atoms with Crippen LogP contribution in [0.25, 0.3) is 0 Å². The lowest BCUT2D eigenvalue weighted by Gasteiger charge is -2.33. The number of benzene rings is 1. The van der Waals surface area contributed by atoms with Crippen molar-refractivity contribution in [3.63, 3.8) is 0 Å². The molecule has 2 rings (SSSR count). The van der Waals surface area contributed by atoms with Crippen LogP contribution in [0.2, 0.25) is 0 Å². The number of aryl methyl sites for hydroxylation is 1. The van der Waals surface area contributed by atoms with Gasteiger partial charge in [-0.05, 0) is 44.2 Å². The van der Waals surface area contributed by atoms with Gasteiger partial charge in [-0.15, -0.1) is 0 Å². The molecule has 1 aromatic carbocycles.